The van der Waals surface area contributed by atoms with E-state index in [4.69, 9.17) is 9.84 Å². The summed E-state index contributed by atoms with van der Waals surface area (Å²) >= 11 is 1.75. The predicted octanol–water partition coefficient (Wildman–Crippen LogP) is 3.11. The van der Waals surface area contributed by atoms with Gasteiger partial charge in [-0.15, -0.1) is 0 Å². The zero-order valence-electron chi connectivity index (χ0n) is 12.5. The summed E-state index contributed by atoms with van der Waals surface area (Å²) < 4.78 is 6.10. The first kappa shape index (κ1) is 15.4. The van der Waals surface area contributed by atoms with E-state index >= 15 is 0 Å². The standard InChI is InChI=1S/C18H21NO2S/c20-11-10-19-13-15-8-6-14-7-9-17(12-18(14)21-15)22-16-4-2-1-3-5-16/h1-5,7,9,12,15,19-20H,6,8,10-11,13H2/t15-/m1/s1. The van der Waals surface area contributed by atoms with Crippen LogP contribution >= 0.6 is 11.8 Å². The van der Waals surface area contributed by atoms with Gasteiger partial charge in [0, 0.05) is 22.9 Å². The van der Waals surface area contributed by atoms with E-state index in [-0.39, 0.29) is 12.7 Å². The molecule has 0 aromatic heterocycles. The molecule has 0 bridgehead atoms. The molecule has 0 saturated heterocycles. The van der Waals surface area contributed by atoms with Gasteiger partial charge in [-0.1, -0.05) is 36.0 Å². The molecule has 1 heterocycles. The maximum absolute atomic E-state index is 8.82. The summed E-state index contributed by atoms with van der Waals surface area (Å²) in [5, 5.41) is 12.0. The highest BCUT2D eigenvalue weighted by molar-refractivity contribution is 7.99. The third-order valence-electron chi connectivity index (χ3n) is 3.71. The fraction of sp³-hybridized carbons (Fsp3) is 0.333. The molecule has 0 amide bonds. The van der Waals surface area contributed by atoms with Gasteiger partial charge in [-0.3, -0.25) is 0 Å². The van der Waals surface area contributed by atoms with Gasteiger partial charge in [-0.05, 0) is 42.7 Å². The molecule has 1 aliphatic heterocycles. The minimum atomic E-state index is 0.168. The SMILES string of the molecule is OCCNC[C@H]1CCc2ccc(Sc3ccccc3)cc2O1. The number of ether oxygens (including phenoxy) is 1. The minimum Gasteiger partial charge on any atom is -0.489 e. The number of aliphatic hydroxyl groups excluding tert-OH is 1. The molecule has 1 atom stereocenters. The lowest BCUT2D eigenvalue weighted by Crippen LogP contribution is -2.35. The normalized spacial score (nSPS) is 16.9. The van der Waals surface area contributed by atoms with Crippen molar-refractivity contribution in [1.29, 1.82) is 0 Å². The van der Waals surface area contributed by atoms with E-state index in [1.807, 2.05) is 6.07 Å². The second-order valence-corrected chi connectivity index (χ2v) is 6.54. The fourth-order valence-electron chi connectivity index (χ4n) is 2.58. The van der Waals surface area contributed by atoms with Gasteiger partial charge in [-0.2, -0.15) is 0 Å². The molecular formula is C18H21NO2S. The molecule has 22 heavy (non-hydrogen) atoms. The molecule has 0 spiro atoms. The number of rotatable bonds is 6. The number of hydrogen-bond acceptors (Lipinski definition) is 4. The maximum atomic E-state index is 8.82. The van der Waals surface area contributed by atoms with Crippen molar-refractivity contribution in [3.63, 3.8) is 0 Å². The lowest BCUT2D eigenvalue weighted by molar-refractivity contribution is 0.167. The van der Waals surface area contributed by atoms with E-state index in [1.165, 1.54) is 15.4 Å². The van der Waals surface area contributed by atoms with Crippen molar-refractivity contribution < 1.29 is 9.84 Å². The second kappa shape index (κ2) is 7.68. The van der Waals surface area contributed by atoms with Crippen LogP contribution < -0.4 is 10.1 Å². The van der Waals surface area contributed by atoms with Crippen LogP contribution in [0, 0.1) is 0 Å². The molecule has 2 N–H and O–H groups in total. The van der Waals surface area contributed by atoms with E-state index in [0.717, 1.165) is 25.1 Å². The largest absolute Gasteiger partial charge is 0.489 e. The van der Waals surface area contributed by atoms with Crippen molar-refractivity contribution in [3.05, 3.63) is 54.1 Å². The Balaban J connectivity index is 1.66. The Labute approximate surface area is 135 Å². The Morgan fingerprint density at radius 3 is 2.82 bits per heavy atom. The molecule has 0 saturated carbocycles. The quantitative estimate of drug-likeness (QED) is 0.804. The van der Waals surface area contributed by atoms with Crippen molar-refractivity contribution in [1.82, 2.24) is 5.32 Å². The van der Waals surface area contributed by atoms with Gasteiger partial charge in [-0.25, -0.2) is 0 Å². The molecule has 0 unspecified atom stereocenters. The highest BCUT2D eigenvalue weighted by Crippen LogP contribution is 2.34. The fourth-order valence-corrected chi connectivity index (χ4v) is 3.45. The van der Waals surface area contributed by atoms with Gasteiger partial charge in [0.2, 0.25) is 0 Å². The molecule has 4 heteroatoms. The second-order valence-electron chi connectivity index (χ2n) is 5.39. The van der Waals surface area contributed by atoms with Crippen molar-refractivity contribution in [2.45, 2.75) is 28.7 Å². The van der Waals surface area contributed by atoms with Crippen LogP contribution in [0.5, 0.6) is 5.75 Å². The zero-order chi connectivity index (χ0) is 15.2. The number of benzene rings is 2. The van der Waals surface area contributed by atoms with E-state index in [1.54, 1.807) is 11.8 Å². The molecule has 0 aliphatic carbocycles. The third kappa shape index (κ3) is 4.03. The molecule has 0 fully saturated rings. The van der Waals surface area contributed by atoms with Crippen LogP contribution in [0.3, 0.4) is 0 Å². The van der Waals surface area contributed by atoms with Crippen LogP contribution in [0.15, 0.2) is 58.3 Å². The molecular weight excluding hydrogens is 294 g/mol. The van der Waals surface area contributed by atoms with E-state index in [0.29, 0.717) is 6.54 Å². The monoisotopic (exact) mass is 315 g/mol. The molecule has 1 aliphatic rings. The lowest BCUT2D eigenvalue weighted by atomic mass is 10.0. The Hall–Kier alpha value is -1.49. The van der Waals surface area contributed by atoms with Crippen LogP contribution in [-0.2, 0) is 6.42 Å². The number of nitrogens with one attached hydrogen (secondary N) is 1. The molecule has 116 valence electrons. The van der Waals surface area contributed by atoms with Gasteiger partial charge in [0.1, 0.15) is 11.9 Å². The van der Waals surface area contributed by atoms with Crippen LogP contribution in [0.4, 0.5) is 0 Å². The number of aryl methyl sites for hydroxylation is 1. The van der Waals surface area contributed by atoms with E-state index in [2.05, 4.69) is 47.8 Å². The summed E-state index contributed by atoms with van der Waals surface area (Å²) in [6, 6.07) is 16.9. The van der Waals surface area contributed by atoms with Gasteiger partial charge in [0.05, 0.1) is 6.61 Å². The minimum absolute atomic E-state index is 0.168. The third-order valence-corrected chi connectivity index (χ3v) is 4.70. The molecule has 3 nitrogen and oxygen atoms in total. The summed E-state index contributed by atoms with van der Waals surface area (Å²) in [6.07, 6.45) is 2.27. The van der Waals surface area contributed by atoms with E-state index < -0.39 is 0 Å². The van der Waals surface area contributed by atoms with Crippen LogP contribution in [0.25, 0.3) is 0 Å². The number of hydrogen-bond donors (Lipinski definition) is 2. The summed E-state index contributed by atoms with van der Waals surface area (Å²) in [5.41, 5.74) is 1.29. The highest BCUT2D eigenvalue weighted by atomic mass is 32.2. The Morgan fingerprint density at radius 1 is 1.14 bits per heavy atom. The first-order valence-corrected chi connectivity index (χ1v) is 8.51. The topological polar surface area (TPSA) is 41.5 Å². The number of fused-ring (bicyclic) bond motifs is 1. The van der Waals surface area contributed by atoms with Crippen LogP contribution in [0.1, 0.15) is 12.0 Å². The first-order chi connectivity index (χ1) is 10.8. The molecule has 2 aromatic carbocycles. The Morgan fingerprint density at radius 2 is 2.00 bits per heavy atom. The van der Waals surface area contributed by atoms with Gasteiger partial charge in [0.15, 0.2) is 0 Å². The van der Waals surface area contributed by atoms with Crippen molar-refractivity contribution in [2.75, 3.05) is 19.7 Å². The average molecular weight is 315 g/mol. The summed E-state index contributed by atoms with van der Waals surface area (Å²) in [4.78, 5) is 2.44. The van der Waals surface area contributed by atoms with Crippen molar-refractivity contribution in [2.24, 2.45) is 0 Å². The van der Waals surface area contributed by atoms with E-state index in [9.17, 15) is 0 Å². The smallest absolute Gasteiger partial charge is 0.124 e. The van der Waals surface area contributed by atoms with Crippen molar-refractivity contribution in [3.8, 4) is 5.75 Å². The summed E-state index contributed by atoms with van der Waals surface area (Å²) in [6.45, 7) is 1.58. The van der Waals surface area contributed by atoms with Gasteiger partial charge >= 0.3 is 0 Å². The van der Waals surface area contributed by atoms with Gasteiger partial charge in [0.25, 0.3) is 0 Å². The lowest BCUT2D eigenvalue weighted by Gasteiger charge is -2.26. The highest BCUT2D eigenvalue weighted by Gasteiger charge is 2.19. The van der Waals surface area contributed by atoms with Crippen LogP contribution in [-0.4, -0.2) is 30.9 Å². The Kier molecular flexibility index (Phi) is 5.38. The summed E-state index contributed by atoms with van der Waals surface area (Å²) in [7, 11) is 0. The molecule has 0 radical (unpaired) electrons. The Bertz CT molecular complexity index is 603. The van der Waals surface area contributed by atoms with Crippen LogP contribution in [0.2, 0.25) is 0 Å². The molecule has 2 aromatic rings. The summed E-state index contributed by atoms with van der Waals surface area (Å²) in [5.74, 6) is 1.00. The zero-order valence-corrected chi connectivity index (χ0v) is 13.3. The van der Waals surface area contributed by atoms with Gasteiger partial charge < -0.3 is 15.2 Å². The maximum Gasteiger partial charge on any atom is 0.124 e. The van der Waals surface area contributed by atoms with Crippen molar-refractivity contribution >= 4 is 11.8 Å². The average Bonchev–Trinajstić information content (AvgIpc) is 2.56. The predicted molar refractivity (Wildman–Crippen MR) is 89.7 cm³/mol. The first-order valence-electron chi connectivity index (χ1n) is 7.69. The molecule has 3 rings (SSSR count). The number of aliphatic hydroxyl groups is 1.